The van der Waals surface area contributed by atoms with Crippen LogP contribution in [0.2, 0.25) is 0 Å². The van der Waals surface area contributed by atoms with E-state index in [1.807, 2.05) is 6.07 Å². The zero-order valence-corrected chi connectivity index (χ0v) is 17.9. The zero-order chi connectivity index (χ0) is 22.8. The molecule has 3 aromatic rings. The Morgan fingerprint density at radius 1 is 1.06 bits per heavy atom. The molecule has 0 atom stereocenters. The third-order valence-corrected chi connectivity index (χ3v) is 6.33. The van der Waals surface area contributed by atoms with Gasteiger partial charge in [-0.05, 0) is 60.9 Å². The molecule has 0 spiro atoms. The summed E-state index contributed by atoms with van der Waals surface area (Å²) in [6, 6.07) is 9.99. The highest BCUT2D eigenvalue weighted by atomic mass is 32.1. The minimum Gasteiger partial charge on any atom is -0.489 e. The van der Waals surface area contributed by atoms with Gasteiger partial charge in [0, 0.05) is 17.7 Å². The Balaban J connectivity index is 1.45. The lowest BCUT2D eigenvalue weighted by atomic mass is 10.1. The number of hydrogen-bond acceptors (Lipinski definition) is 7. The Labute approximate surface area is 187 Å². The summed E-state index contributed by atoms with van der Waals surface area (Å²) < 4.78 is 5.85. The summed E-state index contributed by atoms with van der Waals surface area (Å²) in [5.41, 5.74) is 2.55. The van der Waals surface area contributed by atoms with Crippen LogP contribution in [-0.4, -0.2) is 15.8 Å². The molecule has 1 heterocycles. The average molecular weight is 453 g/mol. The summed E-state index contributed by atoms with van der Waals surface area (Å²) in [4.78, 5) is 34.0. The van der Waals surface area contributed by atoms with Crippen LogP contribution in [0.3, 0.4) is 0 Å². The van der Waals surface area contributed by atoms with Crippen molar-refractivity contribution in [2.75, 3.05) is 5.32 Å². The van der Waals surface area contributed by atoms with Crippen LogP contribution in [0, 0.1) is 27.2 Å². The lowest BCUT2D eigenvalue weighted by Gasteiger charge is -2.07. The van der Waals surface area contributed by atoms with Crippen molar-refractivity contribution in [3.8, 4) is 5.75 Å². The maximum Gasteiger partial charge on any atom is 0.281 e. The van der Waals surface area contributed by atoms with E-state index in [9.17, 15) is 25.0 Å². The van der Waals surface area contributed by atoms with Gasteiger partial charge in [-0.1, -0.05) is 6.07 Å². The fourth-order valence-corrected chi connectivity index (χ4v) is 4.50. The second kappa shape index (κ2) is 8.75. The van der Waals surface area contributed by atoms with Gasteiger partial charge in [0.2, 0.25) is 0 Å². The summed E-state index contributed by atoms with van der Waals surface area (Å²) in [5.74, 6) is 0.272. The van der Waals surface area contributed by atoms with Gasteiger partial charge in [0.05, 0.1) is 20.4 Å². The Morgan fingerprint density at radius 3 is 2.44 bits per heavy atom. The second-order valence-electron chi connectivity index (χ2n) is 7.50. The number of nitrogens with zero attached hydrogens (tertiary/aromatic N) is 2. The van der Waals surface area contributed by atoms with Gasteiger partial charge in [0.25, 0.3) is 17.3 Å². The first-order valence-electron chi connectivity index (χ1n) is 9.88. The van der Waals surface area contributed by atoms with E-state index in [1.54, 1.807) is 11.4 Å². The summed E-state index contributed by atoms with van der Waals surface area (Å²) in [6.07, 6.45) is 3.33. The van der Waals surface area contributed by atoms with Gasteiger partial charge >= 0.3 is 0 Å². The number of nitro benzene ring substituents is 2. The first kappa shape index (κ1) is 21.4. The standard InChI is InChI=1S/C22H19N3O6S/c1-13-19(24(27)28)9-17(10-20(13)25(29)30)23-22(26)21-7-14(12-32-21)11-31-18-6-5-15-3-2-4-16(15)8-18/h5-10,12H,2-4,11H2,1H3,(H,23,26). The van der Waals surface area contributed by atoms with E-state index in [-0.39, 0.29) is 11.3 Å². The fourth-order valence-electron chi connectivity index (χ4n) is 3.70. The van der Waals surface area contributed by atoms with Crippen LogP contribution < -0.4 is 10.1 Å². The SMILES string of the molecule is Cc1c([N+](=O)[O-])cc(NC(=O)c2cc(COc3ccc4c(c3)CCC4)cs2)cc1[N+](=O)[O-]. The van der Waals surface area contributed by atoms with E-state index in [0.717, 1.165) is 42.7 Å². The van der Waals surface area contributed by atoms with Crippen LogP contribution in [0.5, 0.6) is 5.75 Å². The third kappa shape index (κ3) is 4.45. The van der Waals surface area contributed by atoms with Crippen LogP contribution in [-0.2, 0) is 19.4 Å². The minimum absolute atomic E-state index is 0.0108. The van der Waals surface area contributed by atoms with Crippen molar-refractivity contribution in [2.24, 2.45) is 0 Å². The van der Waals surface area contributed by atoms with Crippen molar-refractivity contribution >= 4 is 34.3 Å². The topological polar surface area (TPSA) is 125 Å². The molecule has 1 aliphatic carbocycles. The van der Waals surface area contributed by atoms with Crippen molar-refractivity contribution < 1.29 is 19.4 Å². The van der Waals surface area contributed by atoms with Crippen molar-refractivity contribution in [2.45, 2.75) is 32.8 Å². The number of hydrogen-bond donors (Lipinski definition) is 1. The molecule has 32 heavy (non-hydrogen) atoms. The molecule has 10 heteroatoms. The van der Waals surface area contributed by atoms with Gasteiger partial charge in [0.15, 0.2) is 0 Å². The van der Waals surface area contributed by atoms with Crippen molar-refractivity contribution in [3.63, 3.8) is 0 Å². The van der Waals surface area contributed by atoms with Crippen molar-refractivity contribution in [3.05, 3.63) is 89.1 Å². The molecule has 0 bridgehead atoms. The van der Waals surface area contributed by atoms with Crippen molar-refractivity contribution in [1.82, 2.24) is 0 Å². The number of anilines is 1. The highest BCUT2D eigenvalue weighted by Crippen LogP contribution is 2.32. The number of carbonyl (C=O) groups excluding carboxylic acids is 1. The number of nitro groups is 2. The second-order valence-corrected chi connectivity index (χ2v) is 8.41. The number of nitrogens with one attached hydrogen (secondary N) is 1. The molecule has 164 valence electrons. The number of amides is 1. The monoisotopic (exact) mass is 453 g/mol. The predicted octanol–water partition coefficient (Wildman–Crippen LogP) is 5.19. The number of benzene rings is 2. The molecule has 1 aliphatic rings. The minimum atomic E-state index is -0.711. The molecule has 4 rings (SSSR count). The molecule has 1 N–H and O–H groups in total. The van der Waals surface area contributed by atoms with E-state index in [2.05, 4.69) is 17.4 Å². The maximum absolute atomic E-state index is 12.6. The number of fused-ring (bicyclic) bond motifs is 1. The smallest absolute Gasteiger partial charge is 0.281 e. The Kier molecular flexibility index (Phi) is 5.87. The zero-order valence-electron chi connectivity index (χ0n) is 17.1. The normalized spacial score (nSPS) is 12.3. The molecular weight excluding hydrogens is 434 g/mol. The Bertz CT molecular complexity index is 1200. The van der Waals surface area contributed by atoms with Gasteiger partial charge in [-0.3, -0.25) is 25.0 Å². The van der Waals surface area contributed by atoms with E-state index in [0.29, 0.717) is 11.5 Å². The average Bonchev–Trinajstić information content (AvgIpc) is 3.42. The summed E-state index contributed by atoms with van der Waals surface area (Å²) in [6.45, 7) is 1.60. The number of ether oxygens (including phenoxy) is 1. The van der Waals surface area contributed by atoms with Gasteiger partial charge in [-0.2, -0.15) is 0 Å². The molecule has 1 aromatic heterocycles. The molecule has 0 radical (unpaired) electrons. The number of rotatable bonds is 7. The lowest BCUT2D eigenvalue weighted by Crippen LogP contribution is -2.11. The first-order chi connectivity index (χ1) is 15.3. The number of aryl methyl sites for hydroxylation is 2. The van der Waals surface area contributed by atoms with Crippen LogP contribution in [0.15, 0.2) is 41.8 Å². The molecule has 0 saturated carbocycles. The van der Waals surface area contributed by atoms with Crippen LogP contribution in [0.4, 0.5) is 17.1 Å². The van der Waals surface area contributed by atoms with Crippen LogP contribution >= 0.6 is 11.3 Å². The van der Waals surface area contributed by atoms with Crippen LogP contribution in [0.25, 0.3) is 0 Å². The molecule has 0 saturated heterocycles. The molecule has 1 amide bonds. The quantitative estimate of drug-likeness (QED) is 0.387. The lowest BCUT2D eigenvalue weighted by molar-refractivity contribution is -0.395. The first-order valence-corrected chi connectivity index (χ1v) is 10.8. The third-order valence-electron chi connectivity index (χ3n) is 5.36. The van der Waals surface area contributed by atoms with E-state index < -0.39 is 27.1 Å². The summed E-state index contributed by atoms with van der Waals surface area (Å²) in [5, 5.41) is 26.7. The van der Waals surface area contributed by atoms with E-state index in [4.69, 9.17) is 4.74 Å². The molecule has 2 aromatic carbocycles. The fraction of sp³-hybridized carbons (Fsp3) is 0.227. The Hall–Kier alpha value is -3.79. The van der Waals surface area contributed by atoms with Gasteiger partial charge in [-0.25, -0.2) is 0 Å². The number of thiophene rings is 1. The summed E-state index contributed by atoms with van der Waals surface area (Å²) >= 11 is 1.20. The molecule has 0 fully saturated rings. The largest absolute Gasteiger partial charge is 0.489 e. The van der Waals surface area contributed by atoms with Crippen molar-refractivity contribution in [1.29, 1.82) is 0 Å². The van der Waals surface area contributed by atoms with Gasteiger partial charge < -0.3 is 10.1 Å². The van der Waals surface area contributed by atoms with Gasteiger partial charge in [-0.15, -0.1) is 11.3 Å². The molecular formula is C22H19N3O6S. The van der Waals surface area contributed by atoms with Gasteiger partial charge in [0.1, 0.15) is 17.9 Å². The number of carbonyl (C=O) groups is 1. The van der Waals surface area contributed by atoms with E-state index in [1.165, 1.54) is 29.4 Å². The maximum atomic E-state index is 12.6. The molecule has 0 aliphatic heterocycles. The molecule has 9 nitrogen and oxygen atoms in total. The highest BCUT2D eigenvalue weighted by molar-refractivity contribution is 7.12. The van der Waals surface area contributed by atoms with Crippen LogP contribution in [0.1, 0.15) is 38.3 Å². The Morgan fingerprint density at radius 2 is 1.75 bits per heavy atom. The predicted molar refractivity (Wildman–Crippen MR) is 120 cm³/mol. The molecule has 0 unspecified atom stereocenters. The highest BCUT2D eigenvalue weighted by Gasteiger charge is 2.24. The summed E-state index contributed by atoms with van der Waals surface area (Å²) in [7, 11) is 0. The van der Waals surface area contributed by atoms with E-state index >= 15 is 0 Å².